The number of aromatic carboxylic acids is 1. The normalized spacial score (nSPS) is 10.8. The Hall–Kier alpha value is -3.67. The maximum atomic E-state index is 11.8. The molecule has 0 unspecified atom stereocenters. The summed E-state index contributed by atoms with van der Waals surface area (Å²) >= 11 is 0. The molecule has 0 radical (unpaired) electrons. The van der Waals surface area contributed by atoms with E-state index in [9.17, 15) is 14.7 Å². The summed E-state index contributed by atoms with van der Waals surface area (Å²) in [6, 6.07) is 19.4. The van der Waals surface area contributed by atoms with E-state index >= 15 is 0 Å². The van der Waals surface area contributed by atoms with Gasteiger partial charge in [-0.2, -0.15) is 5.10 Å². The molecule has 0 aliphatic rings. The van der Waals surface area contributed by atoms with Crippen LogP contribution >= 0.6 is 0 Å². The number of hydrazone groups is 1. The highest BCUT2D eigenvalue weighted by atomic mass is 16.4. The third-order valence-electron chi connectivity index (χ3n) is 3.87. The van der Waals surface area contributed by atoms with E-state index in [1.165, 1.54) is 18.3 Å². The molecule has 0 aliphatic heterocycles. The number of carboxylic acid groups (broad SMARTS) is 1. The van der Waals surface area contributed by atoms with Crippen molar-refractivity contribution in [2.75, 3.05) is 0 Å². The molecular formula is C21H17N2O4-. The van der Waals surface area contributed by atoms with E-state index in [0.29, 0.717) is 29.9 Å². The third kappa shape index (κ3) is 5.15. The summed E-state index contributed by atoms with van der Waals surface area (Å²) in [5.41, 5.74) is 4.24. The van der Waals surface area contributed by atoms with Crippen LogP contribution in [0, 0.1) is 0 Å². The minimum absolute atomic E-state index is 0.0739. The van der Waals surface area contributed by atoms with Crippen molar-refractivity contribution in [3.63, 3.8) is 0 Å². The molecule has 1 amide bonds. The molecule has 0 fully saturated rings. The number of carboxylic acids is 1. The van der Waals surface area contributed by atoms with Crippen molar-refractivity contribution in [2.24, 2.45) is 5.10 Å². The molecule has 0 atom stereocenters. The number of nitrogens with one attached hydrogen (secondary N) is 1. The number of furan rings is 1. The van der Waals surface area contributed by atoms with E-state index in [0.717, 1.165) is 5.56 Å². The highest BCUT2D eigenvalue weighted by Gasteiger charge is 2.05. The van der Waals surface area contributed by atoms with Crippen molar-refractivity contribution in [3.8, 4) is 11.3 Å². The third-order valence-corrected chi connectivity index (χ3v) is 3.87. The van der Waals surface area contributed by atoms with Crippen molar-refractivity contribution in [2.45, 2.75) is 12.8 Å². The summed E-state index contributed by atoms with van der Waals surface area (Å²) < 4.78 is 5.60. The van der Waals surface area contributed by atoms with Gasteiger partial charge in [-0.25, -0.2) is 5.43 Å². The molecule has 0 bridgehead atoms. The first kappa shape index (κ1) is 18.1. The van der Waals surface area contributed by atoms with Crippen LogP contribution in [0.5, 0.6) is 0 Å². The average Bonchev–Trinajstić information content (AvgIpc) is 3.16. The lowest BCUT2D eigenvalue weighted by Gasteiger charge is -2.03. The van der Waals surface area contributed by atoms with Crippen molar-refractivity contribution < 1.29 is 19.1 Å². The van der Waals surface area contributed by atoms with Crippen LogP contribution in [-0.4, -0.2) is 18.1 Å². The van der Waals surface area contributed by atoms with Crippen molar-refractivity contribution in [1.29, 1.82) is 0 Å². The Kier molecular flexibility index (Phi) is 5.79. The standard InChI is InChI=1S/C21H18N2O4/c24-20(12-9-15-5-2-1-3-6-15)23-22-14-18-10-11-19(27-18)16-7-4-8-17(13-16)21(25)26/h1-8,10-11,13-14H,9,12H2,(H,23,24)(H,25,26)/p-1/b22-14-. The van der Waals surface area contributed by atoms with E-state index in [-0.39, 0.29) is 11.5 Å². The van der Waals surface area contributed by atoms with Crippen LogP contribution in [0.1, 0.15) is 28.1 Å². The Bertz CT molecular complexity index is 961. The molecule has 136 valence electrons. The number of hydrogen-bond donors (Lipinski definition) is 1. The Morgan fingerprint density at radius 2 is 1.85 bits per heavy atom. The van der Waals surface area contributed by atoms with Crippen molar-refractivity contribution in [1.82, 2.24) is 5.43 Å². The molecule has 1 N–H and O–H groups in total. The topological polar surface area (TPSA) is 94.7 Å². The van der Waals surface area contributed by atoms with Crippen molar-refractivity contribution >= 4 is 18.1 Å². The number of aryl methyl sites for hydroxylation is 1. The van der Waals surface area contributed by atoms with Crippen molar-refractivity contribution in [3.05, 3.63) is 83.6 Å². The van der Waals surface area contributed by atoms with Gasteiger partial charge < -0.3 is 14.3 Å². The predicted octanol–water partition coefficient (Wildman–Crippen LogP) is 2.39. The number of carbonyl (C=O) groups excluding carboxylic acids is 2. The van der Waals surface area contributed by atoms with Crippen LogP contribution in [0.15, 0.2) is 76.2 Å². The lowest BCUT2D eigenvalue weighted by molar-refractivity contribution is -0.255. The second-order valence-corrected chi connectivity index (χ2v) is 5.85. The first-order valence-electron chi connectivity index (χ1n) is 8.39. The zero-order chi connectivity index (χ0) is 19.1. The van der Waals surface area contributed by atoms with Gasteiger partial charge in [0.2, 0.25) is 5.91 Å². The lowest BCUT2D eigenvalue weighted by atomic mass is 10.1. The number of rotatable bonds is 7. The van der Waals surface area contributed by atoms with Gasteiger partial charge >= 0.3 is 0 Å². The molecule has 27 heavy (non-hydrogen) atoms. The number of nitrogens with zero attached hydrogens (tertiary/aromatic N) is 1. The second kappa shape index (κ2) is 8.62. The number of benzene rings is 2. The highest BCUT2D eigenvalue weighted by molar-refractivity contribution is 5.87. The maximum Gasteiger partial charge on any atom is 0.240 e. The molecular weight excluding hydrogens is 344 g/mol. The summed E-state index contributed by atoms with van der Waals surface area (Å²) in [4.78, 5) is 22.8. The van der Waals surface area contributed by atoms with Crippen LogP contribution in [0.2, 0.25) is 0 Å². The van der Waals surface area contributed by atoms with Gasteiger partial charge in [0.25, 0.3) is 0 Å². The van der Waals surface area contributed by atoms with E-state index in [1.54, 1.807) is 24.3 Å². The number of carbonyl (C=O) groups is 2. The molecule has 0 saturated carbocycles. The van der Waals surface area contributed by atoms with Gasteiger partial charge in [0.05, 0.1) is 12.2 Å². The van der Waals surface area contributed by atoms with E-state index in [2.05, 4.69) is 10.5 Å². The lowest BCUT2D eigenvalue weighted by Crippen LogP contribution is -2.22. The zero-order valence-electron chi connectivity index (χ0n) is 14.4. The fraction of sp³-hybridized carbons (Fsp3) is 0.0952. The van der Waals surface area contributed by atoms with Gasteiger partial charge in [-0.1, -0.05) is 48.5 Å². The van der Waals surface area contributed by atoms with Gasteiger partial charge in [0.1, 0.15) is 11.5 Å². The zero-order valence-corrected chi connectivity index (χ0v) is 14.4. The second-order valence-electron chi connectivity index (χ2n) is 5.85. The van der Waals surface area contributed by atoms with E-state index in [1.807, 2.05) is 30.3 Å². The minimum atomic E-state index is -1.25. The molecule has 3 rings (SSSR count). The van der Waals surface area contributed by atoms with Gasteiger partial charge in [0, 0.05) is 12.0 Å². The summed E-state index contributed by atoms with van der Waals surface area (Å²) in [5.74, 6) is -0.505. The molecule has 0 saturated heterocycles. The summed E-state index contributed by atoms with van der Waals surface area (Å²) in [5, 5.41) is 14.8. The monoisotopic (exact) mass is 361 g/mol. The molecule has 6 nitrogen and oxygen atoms in total. The first-order valence-corrected chi connectivity index (χ1v) is 8.39. The molecule has 6 heteroatoms. The number of amides is 1. The fourth-order valence-electron chi connectivity index (χ4n) is 2.50. The molecule has 3 aromatic rings. The van der Waals surface area contributed by atoms with Crippen LogP contribution in [0.25, 0.3) is 11.3 Å². The first-order chi connectivity index (χ1) is 13.1. The van der Waals surface area contributed by atoms with Crippen LogP contribution in [0.4, 0.5) is 0 Å². The van der Waals surface area contributed by atoms with Gasteiger partial charge in [-0.05, 0) is 35.7 Å². The minimum Gasteiger partial charge on any atom is -0.545 e. The Morgan fingerprint density at radius 3 is 2.63 bits per heavy atom. The Labute approximate surface area is 156 Å². The smallest absolute Gasteiger partial charge is 0.240 e. The average molecular weight is 361 g/mol. The van der Waals surface area contributed by atoms with Crippen LogP contribution in [0.3, 0.4) is 0 Å². The fourth-order valence-corrected chi connectivity index (χ4v) is 2.50. The molecule has 1 heterocycles. The largest absolute Gasteiger partial charge is 0.545 e. The summed E-state index contributed by atoms with van der Waals surface area (Å²) in [6.07, 6.45) is 2.37. The summed E-state index contributed by atoms with van der Waals surface area (Å²) in [6.45, 7) is 0. The Balaban J connectivity index is 1.55. The SMILES string of the molecule is O=C(CCc1ccccc1)N/N=C\c1ccc(-c2cccc(C(=O)[O-])c2)o1. The molecule has 1 aromatic heterocycles. The van der Waals surface area contributed by atoms with Crippen LogP contribution in [-0.2, 0) is 11.2 Å². The highest BCUT2D eigenvalue weighted by Crippen LogP contribution is 2.22. The van der Waals surface area contributed by atoms with Gasteiger partial charge in [-0.3, -0.25) is 4.79 Å². The maximum absolute atomic E-state index is 11.8. The van der Waals surface area contributed by atoms with Gasteiger partial charge in [-0.15, -0.1) is 0 Å². The Morgan fingerprint density at radius 1 is 1.04 bits per heavy atom. The molecule has 0 spiro atoms. The number of hydrogen-bond acceptors (Lipinski definition) is 5. The summed E-state index contributed by atoms with van der Waals surface area (Å²) in [7, 11) is 0. The quantitative estimate of drug-likeness (QED) is 0.516. The molecule has 0 aliphatic carbocycles. The predicted molar refractivity (Wildman–Crippen MR) is 99.0 cm³/mol. The van der Waals surface area contributed by atoms with Gasteiger partial charge in [0.15, 0.2) is 0 Å². The van der Waals surface area contributed by atoms with E-state index in [4.69, 9.17) is 4.42 Å². The van der Waals surface area contributed by atoms with E-state index < -0.39 is 5.97 Å². The molecule has 2 aromatic carbocycles. The van der Waals surface area contributed by atoms with Crippen LogP contribution < -0.4 is 10.5 Å².